The predicted molar refractivity (Wildman–Crippen MR) is 75.0 cm³/mol. The van der Waals surface area contributed by atoms with Crippen molar-refractivity contribution in [2.24, 2.45) is 5.92 Å². The molecule has 2 nitrogen and oxygen atoms in total. The highest BCUT2D eigenvalue weighted by molar-refractivity contribution is 6.30. The van der Waals surface area contributed by atoms with Gasteiger partial charge in [0.2, 0.25) is 5.91 Å². The third kappa shape index (κ3) is 2.81. The van der Waals surface area contributed by atoms with Crippen molar-refractivity contribution in [3.8, 4) is 0 Å². The van der Waals surface area contributed by atoms with E-state index in [0.29, 0.717) is 18.2 Å². The van der Waals surface area contributed by atoms with Gasteiger partial charge < -0.3 is 4.90 Å². The van der Waals surface area contributed by atoms with Crippen LogP contribution in [0.15, 0.2) is 24.3 Å². The van der Waals surface area contributed by atoms with Crippen molar-refractivity contribution in [1.82, 2.24) is 4.90 Å². The van der Waals surface area contributed by atoms with Gasteiger partial charge in [0.05, 0.1) is 6.04 Å². The average molecular weight is 286 g/mol. The minimum Gasteiger partial charge on any atom is -0.335 e. The largest absolute Gasteiger partial charge is 0.335 e. The molecule has 4 heteroatoms. The third-order valence-corrected chi connectivity index (χ3v) is 4.16. The highest BCUT2D eigenvalue weighted by Crippen LogP contribution is 2.31. The van der Waals surface area contributed by atoms with Crippen LogP contribution >= 0.6 is 23.2 Å². The summed E-state index contributed by atoms with van der Waals surface area (Å²) < 4.78 is 0. The van der Waals surface area contributed by atoms with Crippen LogP contribution in [-0.4, -0.2) is 23.2 Å². The number of carbonyl (C=O) groups excluding carboxylic acids is 1. The molecule has 2 rings (SSSR count). The number of hydrogen-bond donors (Lipinski definition) is 0. The van der Waals surface area contributed by atoms with Crippen molar-refractivity contribution in [1.29, 1.82) is 0 Å². The average Bonchev–Trinajstić information content (AvgIpc) is 2.74. The molecule has 1 heterocycles. The lowest BCUT2D eigenvalue weighted by Gasteiger charge is -2.27. The fourth-order valence-corrected chi connectivity index (χ4v) is 2.87. The summed E-state index contributed by atoms with van der Waals surface area (Å²) >= 11 is 11.8. The maximum Gasteiger partial charge on any atom is 0.223 e. The topological polar surface area (TPSA) is 20.3 Å². The number of amides is 1. The van der Waals surface area contributed by atoms with E-state index in [1.54, 1.807) is 0 Å². The molecule has 0 aromatic heterocycles. The zero-order chi connectivity index (χ0) is 13.1. The summed E-state index contributed by atoms with van der Waals surface area (Å²) in [6.07, 6.45) is 1.48. The third-order valence-electron chi connectivity index (χ3n) is 3.47. The van der Waals surface area contributed by atoms with E-state index in [9.17, 15) is 4.79 Å². The highest BCUT2D eigenvalue weighted by Gasteiger charge is 2.33. The van der Waals surface area contributed by atoms with Gasteiger partial charge in [0.1, 0.15) is 0 Å². The highest BCUT2D eigenvalue weighted by atomic mass is 35.5. The maximum absolute atomic E-state index is 12.0. The van der Waals surface area contributed by atoms with Crippen LogP contribution in [0.4, 0.5) is 0 Å². The predicted octanol–water partition coefficient (Wildman–Crippen LogP) is 3.88. The molecule has 0 aliphatic carbocycles. The van der Waals surface area contributed by atoms with Crippen LogP contribution in [0.25, 0.3) is 0 Å². The quantitative estimate of drug-likeness (QED) is 0.769. The second kappa shape index (κ2) is 5.94. The molecule has 2 unspecified atom stereocenters. The van der Waals surface area contributed by atoms with E-state index in [1.165, 1.54) is 0 Å². The number of carbonyl (C=O) groups is 1. The van der Waals surface area contributed by atoms with Crippen LogP contribution in [0.1, 0.15) is 31.4 Å². The summed E-state index contributed by atoms with van der Waals surface area (Å²) in [4.78, 5) is 14.0. The Morgan fingerprint density at radius 3 is 2.56 bits per heavy atom. The minimum absolute atomic E-state index is 0.142. The molecule has 0 N–H and O–H groups in total. The Balaban J connectivity index is 2.18. The standard InChI is InChI=1S/C14H17Cl2NO/c1-2-13(11-3-5-12(16)6-4-11)17-9-10(8-15)7-14(17)18/h3-6,10,13H,2,7-9H2,1H3. The van der Waals surface area contributed by atoms with Crippen LogP contribution in [0.3, 0.4) is 0 Å². The number of rotatable bonds is 4. The van der Waals surface area contributed by atoms with E-state index < -0.39 is 0 Å². The van der Waals surface area contributed by atoms with Crippen LogP contribution in [0.2, 0.25) is 5.02 Å². The molecule has 1 aromatic carbocycles. The summed E-state index contributed by atoms with van der Waals surface area (Å²) in [5.41, 5.74) is 1.14. The molecule has 0 bridgehead atoms. The van der Waals surface area contributed by atoms with E-state index >= 15 is 0 Å². The van der Waals surface area contributed by atoms with Gasteiger partial charge in [-0.25, -0.2) is 0 Å². The van der Waals surface area contributed by atoms with Gasteiger partial charge in [0, 0.05) is 23.9 Å². The Morgan fingerprint density at radius 2 is 2.06 bits per heavy atom. The first-order chi connectivity index (χ1) is 8.65. The molecule has 1 fully saturated rings. The molecule has 0 radical (unpaired) electrons. The first kappa shape index (κ1) is 13.7. The van der Waals surface area contributed by atoms with Crippen molar-refractivity contribution in [3.05, 3.63) is 34.9 Å². The van der Waals surface area contributed by atoms with E-state index in [-0.39, 0.29) is 11.9 Å². The van der Waals surface area contributed by atoms with Gasteiger partial charge in [0.25, 0.3) is 0 Å². The zero-order valence-corrected chi connectivity index (χ0v) is 11.9. The Bertz CT molecular complexity index is 418. The zero-order valence-electron chi connectivity index (χ0n) is 10.4. The summed E-state index contributed by atoms with van der Waals surface area (Å²) in [6, 6.07) is 7.89. The van der Waals surface area contributed by atoms with Crippen molar-refractivity contribution in [2.75, 3.05) is 12.4 Å². The monoisotopic (exact) mass is 285 g/mol. The van der Waals surface area contributed by atoms with Crippen LogP contribution in [0, 0.1) is 5.92 Å². The number of halogens is 2. The van der Waals surface area contributed by atoms with Gasteiger partial charge in [0.15, 0.2) is 0 Å². The smallest absolute Gasteiger partial charge is 0.223 e. The molecule has 98 valence electrons. The van der Waals surface area contributed by atoms with Gasteiger partial charge in [-0.15, -0.1) is 11.6 Å². The molecule has 0 spiro atoms. The van der Waals surface area contributed by atoms with Gasteiger partial charge in [-0.3, -0.25) is 4.79 Å². The minimum atomic E-state index is 0.142. The van der Waals surface area contributed by atoms with E-state index in [4.69, 9.17) is 23.2 Å². The van der Waals surface area contributed by atoms with Crippen LogP contribution in [-0.2, 0) is 4.79 Å². The second-order valence-corrected chi connectivity index (χ2v) is 5.49. The Hall–Kier alpha value is -0.730. The van der Waals surface area contributed by atoms with Crippen molar-refractivity contribution in [2.45, 2.75) is 25.8 Å². The molecular weight excluding hydrogens is 269 g/mol. The molecule has 2 atom stereocenters. The molecule has 0 saturated carbocycles. The van der Waals surface area contributed by atoms with Gasteiger partial charge in [-0.1, -0.05) is 30.7 Å². The fraction of sp³-hybridized carbons (Fsp3) is 0.500. The molecule has 1 aliphatic heterocycles. The van der Waals surface area contributed by atoms with E-state index in [2.05, 4.69) is 6.92 Å². The normalized spacial score (nSPS) is 21.4. The van der Waals surface area contributed by atoms with Crippen molar-refractivity contribution < 1.29 is 4.79 Å². The molecule has 1 aliphatic rings. The Morgan fingerprint density at radius 1 is 1.39 bits per heavy atom. The molecule has 18 heavy (non-hydrogen) atoms. The lowest BCUT2D eigenvalue weighted by atomic mass is 10.0. The van der Waals surface area contributed by atoms with Gasteiger partial charge in [-0.05, 0) is 30.0 Å². The second-order valence-electron chi connectivity index (χ2n) is 4.75. The van der Waals surface area contributed by atoms with Gasteiger partial charge >= 0.3 is 0 Å². The summed E-state index contributed by atoms with van der Waals surface area (Å²) in [5.74, 6) is 1.06. The lowest BCUT2D eigenvalue weighted by molar-refractivity contribution is -0.129. The van der Waals surface area contributed by atoms with Crippen LogP contribution < -0.4 is 0 Å². The molecular formula is C14H17Cl2NO. The van der Waals surface area contributed by atoms with E-state index in [1.807, 2.05) is 29.2 Å². The summed E-state index contributed by atoms with van der Waals surface area (Å²) in [6.45, 7) is 2.87. The SMILES string of the molecule is CCC(c1ccc(Cl)cc1)N1CC(CCl)CC1=O. The first-order valence-electron chi connectivity index (χ1n) is 6.26. The van der Waals surface area contributed by atoms with E-state index in [0.717, 1.165) is 23.6 Å². The van der Waals surface area contributed by atoms with Gasteiger partial charge in [-0.2, -0.15) is 0 Å². The number of nitrogens with zero attached hydrogens (tertiary/aromatic N) is 1. The lowest BCUT2D eigenvalue weighted by Crippen LogP contribution is -2.30. The Kier molecular flexibility index (Phi) is 4.52. The Labute approximate surface area is 118 Å². The number of hydrogen-bond acceptors (Lipinski definition) is 1. The summed E-state index contributed by atoms with van der Waals surface area (Å²) in [7, 11) is 0. The first-order valence-corrected chi connectivity index (χ1v) is 7.17. The van der Waals surface area contributed by atoms with Crippen LogP contribution in [0.5, 0.6) is 0 Å². The molecule has 1 aromatic rings. The van der Waals surface area contributed by atoms with Crippen molar-refractivity contribution >= 4 is 29.1 Å². The fourth-order valence-electron chi connectivity index (χ4n) is 2.53. The number of alkyl halides is 1. The summed E-state index contributed by atoms with van der Waals surface area (Å²) in [5, 5.41) is 0.722. The number of benzene rings is 1. The molecule has 1 saturated heterocycles. The molecule has 1 amide bonds. The number of likely N-dealkylation sites (tertiary alicyclic amines) is 1. The van der Waals surface area contributed by atoms with Crippen molar-refractivity contribution in [3.63, 3.8) is 0 Å². The maximum atomic E-state index is 12.0.